The van der Waals surface area contributed by atoms with Crippen molar-refractivity contribution in [3.8, 4) is 11.5 Å². The minimum atomic E-state index is -1.43. The van der Waals surface area contributed by atoms with Gasteiger partial charge in [0.05, 0.1) is 27.2 Å². The second-order valence-corrected chi connectivity index (χ2v) is 11.7. The molecule has 4 atom stereocenters. The number of fused-ring (bicyclic) bond motifs is 1. The number of amides is 1. The van der Waals surface area contributed by atoms with Crippen LogP contribution in [0.4, 0.5) is 5.95 Å². The number of aliphatic hydroxyl groups excluding tert-OH is 2. The third kappa shape index (κ3) is 6.04. The van der Waals surface area contributed by atoms with E-state index in [1.54, 1.807) is 28.1 Å². The molecule has 1 amide bonds. The summed E-state index contributed by atoms with van der Waals surface area (Å²) in [6.07, 6.45) is -3.69. The molecule has 0 aliphatic carbocycles. The summed E-state index contributed by atoms with van der Waals surface area (Å²) in [5.74, 6) is 0.563. The number of aromatic nitrogens is 4. The summed E-state index contributed by atoms with van der Waals surface area (Å²) in [7, 11) is 3.19. The number of anilines is 1. The molecule has 1 saturated heterocycles. The van der Waals surface area contributed by atoms with Gasteiger partial charge in [-0.2, -0.15) is 4.98 Å². The Morgan fingerprint density at radius 2 is 1.52 bits per heavy atom. The van der Waals surface area contributed by atoms with E-state index in [1.165, 1.54) is 10.9 Å². The first-order valence-electron chi connectivity index (χ1n) is 15.4. The van der Waals surface area contributed by atoms with Gasteiger partial charge in [-0.1, -0.05) is 68.4 Å². The van der Waals surface area contributed by atoms with Crippen LogP contribution in [-0.4, -0.2) is 74.8 Å². The summed E-state index contributed by atoms with van der Waals surface area (Å²) in [5.41, 5.74) is 0.637. The molecule has 3 aromatic carbocycles. The number of carbonyl (C=O) groups excluding carboxylic acids is 1. The lowest BCUT2D eigenvalue weighted by molar-refractivity contribution is -0.118. The zero-order valence-electron chi connectivity index (χ0n) is 26.9. The van der Waals surface area contributed by atoms with E-state index in [9.17, 15) is 19.8 Å². The van der Waals surface area contributed by atoms with Crippen molar-refractivity contribution in [1.29, 1.82) is 0 Å². The third-order valence-electron chi connectivity index (χ3n) is 8.45. The number of carbonyl (C=O) groups is 1. The Labute approximate surface area is 276 Å². The number of aromatic amines is 1. The topological polar surface area (TPSA) is 170 Å². The van der Waals surface area contributed by atoms with Gasteiger partial charge < -0.3 is 29.2 Å². The highest BCUT2D eigenvalue weighted by Crippen LogP contribution is 2.43. The molecule has 0 radical (unpaired) electrons. The van der Waals surface area contributed by atoms with Crippen molar-refractivity contribution >= 4 is 23.0 Å². The maximum Gasteiger partial charge on any atom is 0.280 e. The number of aliphatic hydroxyl groups is 2. The molecule has 13 nitrogen and oxygen atoms in total. The van der Waals surface area contributed by atoms with Gasteiger partial charge in [-0.25, -0.2) is 4.98 Å². The molecule has 2 aromatic heterocycles. The minimum Gasteiger partial charge on any atom is -0.497 e. The molecule has 0 saturated carbocycles. The SMILES string of the molecule is COc1ccc(C(OC[C@H]2O[C@@H](n3cnc4c(=O)[nH]c(NC(=O)C(C)C)nc43)C(O)[C@H]2O)(c2ccccc2)c2ccc(OC)cc2)cc1. The number of benzene rings is 3. The van der Waals surface area contributed by atoms with Gasteiger partial charge in [0.15, 0.2) is 17.4 Å². The summed E-state index contributed by atoms with van der Waals surface area (Å²) >= 11 is 0. The fraction of sp³-hybridized carbons (Fsp3) is 0.314. The van der Waals surface area contributed by atoms with Crippen LogP contribution < -0.4 is 20.3 Å². The minimum absolute atomic E-state index is 0.0235. The molecule has 1 aliphatic heterocycles. The molecule has 1 unspecified atom stereocenters. The number of hydrogen-bond donors (Lipinski definition) is 4. The van der Waals surface area contributed by atoms with Gasteiger partial charge >= 0.3 is 0 Å². The van der Waals surface area contributed by atoms with Crippen LogP contribution in [0.3, 0.4) is 0 Å². The first-order chi connectivity index (χ1) is 23.2. The molecule has 250 valence electrons. The quantitative estimate of drug-likeness (QED) is 0.155. The van der Waals surface area contributed by atoms with Crippen molar-refractivity contribution in [2.75, 3.05) is 26.1 Å². The van der Waals surface area contributed by atoms with E-state index < -0.39 is 35.7 Å². The van der Waals surface area contributed by atoms with Gasteiger partial charge in [-0.05, 0) is 41.0 Å². The van der Waals surface area contributed by atoms with Gasteiger partial charge in [0.2, 0.25) is 11.9 Å². The first kappa shape index (κ1) is 32.8. The van der Waals surface area contributed by atoms with Gasteiger partial charge in [0, 0.05) is 5.92 Å². The van der Waals surface area contributed by atoms with Gasteiger partial charge in [0.25, 0.3) is 5.56 Å². The summed E-state index contributed by atoms with van der Waals surface area (Å²) < 4.78 is 25.3. The molecule has 6 rings (SSSR count). The lowest BCUT2D eigenvalue weighted by atomic mass is 9.80. The van der Waals surface area contributed by atoms with E-state index in [-0.39, 0.29) is 35.5 Å². The van der Waals surface area contributed by atoms with Crippen LogP contribution in [0.5, 0.6) is 11.5 Å². The van der Waals surface area contributed by atoms with Crippen LogP contribution in [0.1, 0.15) is 36.8 Å². The number of hydrogen-bond acceptors (Lipinski definition) is 10. The normalized spacial score (nSPS) is 19.5. The Morgan fingerprint density at radius 3 is 2.08 bits per heavy atom. The molecular weight excluding hydrogens is 618 g/mol. The number of rotatable bonds is 11. The Balaban J connectivity index is 1.36. The zero-order chi connectivity index (χ0) is 34.0. The average molecular weight is 656 g/mol. The fourth-order valence-corrected chi connectivity index (χ4v) is 5.81. The molecule has 0 bridgehead atoms. The maximum absolute atomic E-state index is 12.8. The van der Waals surface area contributed by atoms with E-state index in [0.717, 1.165) is 16.7 Å². The molecule has 3 heterocycles. The second kappa shape index (κ2) is 13.6. The lowest BCUT2D eigenvalue weighted by Crippen LogP contribution is -2.39. The summed E-state index contributed by atoms with van der Waals surface area (Å²) in [4.78, 5) is 36.1. The Morgan fingerprint density at radius 1 is 0.938 bits per heavy atom. The zero-order valence-corrected chi connectivity index (χ0v) is 26.9. The predicted molar refractivity (Wildman–Crippen MR) is 176 cm³/mol. The number of nitrogens with zero attached hydrogens (tertiary/aromatic N) is 3. The van der Waals surface area contributed by atoms with Crippen LogP contribution in [0.25, 0.3) is 11.2 Å². The highest BCUT2D eigenvalue weighted by atomic mass is 16.6. The van der Waals surface area contributed by atoms with Crippen molar-refractivity contribution in [3.05, 3.63) is 112 Å². The third-order valence-corrected chi connectivity index (χ3v) is 8.45. The standard InChI is InChI=1S/C35H37N5O8/c1-20(2)31(43)38-34-37-30-27(32(44)39-34)36-19-40(30)33-29(42)28(41)26(48-33)18-47-35(21-8-6-5-7-9-21,22-10-14-24(45-3)15-11-22)23-12-16-25(46-4)17-13-23/h5-17,19-20,26,28-29,33,41-42H,18H2,1-4H3,(H2,37,38,39,43,44)/t26-,28+,29?,33-/m1/s1. The molecular formula is C35H37N5O8. The van der Waals surface area contributed by atoms with E-state index >= 15 is 0 Å². The number of imidazole rings is 1. The summed E-state index contributed by atoms with van der Waals surface area (Å²) in [6.45, 7) is 3.26. The summed E-state index contributed by atoms with van der Waals surface area (Å²) in [5, 5.41) is 25.1. The maximum atomic E-state index is 12.8. The second-order valence-electron chi connectivity index (χ2n) is 11.7. The molecule has 1 fully saturated rings. The lowest BCUT2D eigenvalue weighted by Gasteiger charge is -2.37. The molecule has 4 N–H and O–H groups in total. The molecule has 5 aromatic rings. The highest BCUT2D eigenvalue weighted by molar-refractivity contribution is 5.91. The molecule has 48 heavy (non-hydrogen) atoms. The predicted octanol–water partition coefficient (Wildman–Crippen LogP) is 3.36. The van der Waals surface area contributed by atoms with Gasteiger partial charge in [0.1, 0.15) is 35.4 Å². The number of methoxy groups -OCH3 is 2. The monoisotopic (exact) mass is 655 g/mol. The van der Waals surface area contributed by atoms with Gasteiger partial charge in [-0.3, -0.25) is 24.5 Å². The number of nitrogens with one attached hydrogen (secondary N) is 2. The fourth-order valence-electron chi connectivity index (χ4n) is 5.81. The van der Waals surface area contributed by atoms with Crippen molar-refractivity contribution < 1.29 is 34.0 Å². The van der Waals surface area contributed by atoms with Crippen LogP contribution >= 0.6 is 0 Å². The number of H-pyrrole nitrogens is 1. The van der Waals surface area contributed by atoms with Crippen LogP contribution in [0.2, 0.25) is 0 Å². The highest BCUT2D eigenvalue weighted by Gasteiger charge is 2.47. The van der Waals surface area contributed by atoms with Crippen LogP contribution in [0, 0.1) is 5.92 Å². The Hall–Kier alpha value is -5.08. The van der Waals surface area contributed by atoms with Crippen molar-refractivity contribution in [3.63, 3.8) is 0 Å². The van der Waals surface area contributed by atoms with E-state index in [4.69, 9.17) is 18.9 Å². The molecule has 13 heteroatoms. The number of ether oxygens (including phenoxy) is 4. The molecule has 0 spiro atoms. The van der Waals surface area contributed by atoms with E-state index in [1.807, 2.05) is 78.9 Å². The van der Waals surface area contributed by atoms with Crippen molar-refractivity contribution in [1.82, 2.24) is 19.5 Å². The first-order valence-corrected chi connectivity index (χ1v) is 15.4. The Kier molecular flexibility index (Phi) is 9.29. The van der Waals surface area contributed by atoms with E-state index in [0.29, 0.717) is 11.5 Å². The van der Waals surface area contributed by atoms with Crippen molar-refractivity contribution in [2.24, 2.45) is 5.92 Å². The largest absolute Gasteiger partial charge is 0.497 e. The summed E-state index contributed by atoms with van der Waals surface area (Å²) in [6, 6.07) is 24.7. The van der Waals surface area contributed by atoms with Crippen LogP contribution in [0.15, 0.2) is 90.0 Å². The van der Waals surface area contributed by atoms with Gasteiger partial charge in [-0.15, -0.1) is 0 Å². The molecule has 1 aliphatic rings. The van der Waals surface area contributed by atoms with Crippen molar-refractivity contribution in [2.45, 2.75) is 44.0 Å². The van der Waals surface area contributed by atoms with Crippen LogP contribution in [-0.2, 0) is 19.9 Å². The van der Waals surface area contributed by atoms with E-state index in [2.05, 4.69) is 20.3 Å². The smallest absolute Gasteiger partial charge is 0.280 e. The average Bonchev–Trinajstić information content (AvgIpc) is 3.66. The Bertz CT molecular complexity index is 1880.